The summed E-state index contributed by atoms with van der Waals surface area (Å²) in [6.07, 6.45) is 4.62. The van der Waals surface area contributed by atoms with Gasteiger partial charge in [-0.1, -0.05) is 32.0 Å². The van der Waals surface area contributed by atoms with E-state index in [1.165, 1.54) is 19.3 Å². The first-order chi connectivity index (χ1) is 10.7. The molecule has 1 aromatic carbocycles. The van der Waals surface area contributed by atoms with Gasteiger partial charge in [0.25, 0.3) is 5.91 Å². The fourth-order valence-corrected chi connectivity index (χ4v) is 3.09. The zero-order valence-electron chi connectivity index (χ0n) is 13.6. The maximum atomic E-state index is 12.8. The molecule has 0 spiro atoms. The number of anilines is 1. The third kappa shape index (κ3) is 3.01. The predicted octanol–water partition coefficient (Wildman–Crippen LogP) is 3.27. The molecule has 0 atom stereocenters. The topological polar surface area (TPSA) is 35.9 Å². The summed E-state index contributed by atoms with van der Waals surface area (Å²) in [5.74, 6) is 0.649. The lowest BCUT2D eigenvalue weighted by Crippen LogP contribution is -2.34. The van der Waals surface area contributed by atoms with Crippen molar-refractivity contribution in [2.75, 3.05) is 24.5 Å². The molecule has 118 valence electrons. The number of nitrogens with zero attached hydrogens (tertiary/aromatic N) is 3. The molecule has 2 aliphatic heterocycles. The van der Waals surface area contributed by atoms with Crippen molar-refractivity contribution in [1.29, 1.82) is 0 Å². The lowest BCUT2D eigenvalue weighted by Gasteiger charge is -2.24. The van der Waals surface area contributed by atoms with Crippen molar-refractivity contribution >= 4 is 17.3 Å². The molecule has 1 amide bonds. The number of para-hydroxylation sites is 1. The number of benzene rings is 1. The molecule has 2 heterocycles. The molecule has 0 aliphatic carbocycles. The van der Waals surface area contributed by atoms with Gasteiger partial charge < -0.3 is 4.90 Å². The number of hydrogen-bond donors (Lipinski definition) is 0. The van der Waals surface area contributed by atoms with Crippen LogP contribution >= 0.6 is 0 Å². The van der Waals surface area contributed by atoms with Gasteiger partial charge in [-0.2, -0.15) is 5.10 Å². The standard InChI is InChI=1S/C18H25N3O/c1-14(2)10-13-21-16-9-5-4-8-15(16)17(18(21)22)19-20-11-6-3-7-12-20/h4-5,8-9,14H,3,6-7,10-13H2,1-2H3. The minimum absolute atomic E-state index is 0.0624. The molecule has 1 saturated heterocycles. The zero-order chi connectivity index (χ0) is 15.5. The van der Waals surface area contributed by atoms with E-state index in [9.17, 15) is 4.79 Å². The summed E-state index contributed by atoms with van der Waals surface area (Å²) < 4.78 is 0. The van der Waals surface area contributed by atoms with Gasteiger partial charge >= 0.3 is 0 Å². The summed E-state index contributed by atoms with van der Waals surface area (Å²) >= 11 is 0. The molecule has 3 rings (SSSR count). The molecule has 0 aromatic heterocycles. The Morgan fingerprint density at radius 1 is 1.14 bits per heavy atom. The average Bonchev–Trinajstić information content (AvgIpc) is 2.79. The Bertz CT molecular complexity index is 573. The Balaban J connectivity index is 1.88. The molecule has 1 aromatic rings. The molecule has 0 saturated carbocycles. The minimum Gasteiger partial charge on any atom is -0.306 e. The molecule has 0 N–H and O–H groups in total. The van der Waals surface area contributed by atoms with E-state index in [1.807, 2.05) is 29.2 Å². The second-order valence-corrected chi connectivity index (χ2v) is 6.62. The van der Waals surface area contributed by atoms with E-state index < -0.39 is 0 Å². The van der Waals surface area contributed by atoms with Crippen LogP contribution in [0.3, 0.4) is 0 Å². The Kier molecular flexibility index (Phi) is 4.46. The largest absolute Gasteiger partial charge is 0.306 e. The smallest absolute Gasteiger partial charge is 0.279 e. The lowest BCUT2D eigenvalue weighted by molar-refractivity contribution is -0.112. The fourth-order valence-electron chi connectivity index (χ4n) is 3.09. The number of amides is 1. The molecule has 4 heteroatoms. The third-order valence-electron chi connectivity index (χ3n) is 4.40. The second kappa shape index (κ2) is 6.51. The number of piperidine rings is 1. The maximum absolute atomic E-state index is 12.8. The van der Waals surface area contributed by atoms with Crippen molar-refractivity contribution < 1.29 is 4.79 Å². The third-order valence-corrected chi connectivity index (χ3v) is 4.40. The number of carbonyl (C=O) groups excluding carboxylic acids is 1. The lowest BCUT2D eigenvalue weighted by atomic mass is 10.1. The van der Waals surface area contributed by atoms with E-state index >= 15 is 0 Å². The Morgan fingerprint density at radius 2 is 1.86 bits per heavy atom. The van der Waals surface area contributed by atoms with E-state index in [-0.39, 0.29) is 5.91 Å². The van der Waals surface area contributed by atoms with Crippen molar-refractivity contribution in [3.8, 4) is 0 Å². The summed E-state index contributed by atoms with van der Waals surface area (Å²) in [5.41, 5.74) is 2.63. The van der Waals surface area contributed by atoms with Gasteiger partial charge in [-0.05, 0) is 37.7 Å². The zero-order valence-corrected chi connectivity index (χ0v) is 13.6. The number of fused-ring (bicyclic) bond motifs is 1. The van der Waals surface area contributed by atoms with Gasteiger partial charge in [0.15, 0.2) is 5.71 Å². The van der Waals surface area contributed by atoms with Crippen LogP contribution in [-0.4, -0.2) is 36.3 Å². The van der Waals surface area contributed by atoms with E-state index in [0.717, 1.165) is 37.3 Å². The number of hydrogen-bond acceptors (Lipinski definition) is 3. The van der Waals surface area contributed by atoms with Gasteiger partial charge in [-0.15, -0.1) is 0 Å². The van der Waals surface area contributed by atoms with Crippen LogP contribution in [-0.2, 0) is 4.79 Å². The molecule has 22 heavy (non-hydrogen) atoms. The van der Waals surface area contributed by atoms with Gasteiger partial charge in [0.1, 0.15) is 0 Å². The Hall–Kier alpha value is -1.84. The number of rotatable bonds is 4. The first-order valence-corrected chi connectivity index (χ1v) is 8.41. The van der Waals surface area contributed by atoms with Gasteiger partial charge in [0, 0.05) is 25.2 Å². The van der Waals surface area contributed by atoms with Crippen LogP contribution in [0.25, 0.3) is 0 Å². The van der Waals surface area contributed by atoms with Crippen molar-refractivity contribution in [1.82, 2.24) is 5.01 Å². The monoisotopic (exact) mass is 299 g/mol. The summed E-state index contributed by atoms with van der Waals surface area (Å²) in [6.45, 7) is 7.08. The van der Waals surface area contributed by atoms with Gasteiger partial charge in [0.05, 0.1) is 5.69 Å². The van der Waals surface area contributed by atoms with Crippen LogP contribution in [0.1, 0.15) is 45.1 Å². The molecule has 0 unspecified atom stereocenters. The van der Waals surface area contributed by atoms with Crippen molar-refractivity contribution in [2.24, 2.45) is 11.0 Å². The van der Waals surface area contributed by atoms with E-state index in [2.05, 4.69) is 18.9 Å². The Labute approximate surface area is 132 Å². The first-order valence-electron chi connectivity index (χ1n) is 8.41. The highest BCUT2D eigenvalue weighted by Crippen LogP contribution is 2.30. The van der Waals surface area contributed by atoms with Gasteiger partial charge in [0.2, 0.25) is 0 Å². The van der Waals surface area contributed by atoms with Crippen LogP contribution in [0.2, 0.25) is 0 Å². The SMILES string of the molecule is CC(C)CCN1C(=O)C(=NN2CCCCC2)c2ccccc21. The highest BCUT2D eigenvalue weighted by atomic mass is 16.2. The highest BCUT2D eigenvalue weighted by Gasteiger charge is 2.34. The molecule has 0 bridgehead atoms. The van der Waals surface area contributed by atoms with Crippen LogP contribution in [0.5, 0.6) is 0 Å². The summed E-state index contributed by atoms with van der Waals surface area (Å²) in [5, 5.41) is 6.76. The summed E-state index contributed by atoms with van der Waals surface area (Å²) in [4.78, 5) is 14.7. The average molecular weight is 299 g/mol. The fraction of sp³-hybridized carbons (Fsp3) is 0.556. The van der Waals surface area contributed by atoms with E-state index in [4.69, 9.17) is 5.10 Å². The number of carbonyl (C=O) groups is 1. The van der Waals surface area contributed by atoms with Crippen molar-refractivity contribution in [2.45, 2.75) is 39.5 Å². The first kappa shape index (κ1) is 15.1. The molecule has 2 aliphatic rings. The van der Waals surface area contributed by atoms with E-state index in [1.54, 1.807) is 0 Å². The van der Waals surface area contributed by atoms with Crippen molar-refractivity contribution in [3.63, 3.8) is 0 Å². The second-order valence-electron chi connectivity index (χ2n) is 6.62. The van der Waals surface area contributed by atoms with Crippen LogP contribution < -0.4 is 4.90 Å². The molecular weight excluding hydrogens is 274 g/mol. The predicted molar refractivity (Wildman–Crippen MR) is 90.2 cm³/mol. The molecular formula is C18H25N3O. The van der Waals surface area contributed by atoms with Crippen molar-refractivity contribution in [3.05, 3.63) is 29.8 Å². The van der Waals surface area contributed by atoms with Crippen LogP contribution in [0, 0.1) is 5.92 Å². The molecule has 0 radical (unpaired) electrons. The van der Waals surface area contributed by atoms with Gasteiger partial charge in [-0.3, -0.25) is 9.80 Å². The van der Waals surface area contributed by atoms with Crippen LogP contribution in [0.4, 0.5) is 5.69 Å². The summed E-state index contributed by atoms with van der Waals surface area (Å²) in [6, 6.07) is 8.04. The molecule has 1 fully saturated rings. The normalized spacial score (nSPS) is 20.1. The Morgan fingerprint density at radius 3 is 2.59 bits per heavy atom. The highest BCUT2D eigenvalue weighted by molar-refractivity contribution is 6.54. The minimum atomic E-state index is 0.0624. The van der Waals surface area contributed by atoms with Gasteiger partial charge in [-0.25, -0.2) is 0 Å². The summed E-state index contributed by atoms with van der Waals surface area (Å²) in [7, 11) is 0. The molecule has 4 nitrogen and oxygen atoms in total. The maximum Gasteiger partial charge on any atom is 0.279 e. The quantitative estimate of drug-likeness (QED) is 0.855. The van der Waals surface area contributed by atoms with E-state index in [0.29, 0.717) is 11.6 Å². The van der Waals surface area contributed by atoms with Crippen LogP contribution in [0.15, 0.2) is 29.4 Å². The number of hydrazone groups is 1.